The van der Waals surface area contributed by atoms with Crippen LogP contribution >= 0.6 is 0 Å². The number of imidazole rings is 1. The number of nitrogens with zero attached hydrogens (tertiary/aromatic N) is 4. The summed E-state index contributed by atoms with van der Waals surface area (Å²) in [6.45, 7) is 1.97. The van der Waals surface area contributed by atoms with E-state index >= 15 is 0 Å². The van der Waals surface area contributed by atoms with Crippen LogP contribution in [-0.2, 0) is 10.0 Å². The Hall–Kier alpha value is -2.97. The van der Waals surface area contributed by atoms with Gasteiger partial charge in [-0.2, -0.15) is 4.31 Å². The molecule has 0 aliphatic carbocycles. The molecule has 5 rings (SSSR count). The minimum atomic E-state index is -3.61. The average Bonchev–Trinajstić information content (AvgIpc) is 3.18. The van der Waals surface area contributed by atoms with Gasteiger partial charge in [-0.3, -0.25) is 4.98 Å². The van der Waals surface area contributed by atoms with Crippen LogP contribution in [0.4, 0.5) is 5.95 Å². The molecule has 4 aromatic rings. The van der Waals surface area contributed by atoms with E-state index in [0.29, 0.717) is 31.7 Å². The third kappa shape index (κ3) is 2.81. The molecule has 3 heterocycles. The Bertz CT molecular complexity index is 1220. The first-order chi connectivity index (χ1) is 13.6. The minimum Gasteiger partial charge on any atom is -0.340 e. The molecule has 1 aliphatic rings. The molecule has 28 heavy (non-hydrogen) atoms. The molecular formula is C20H19N5O2S. The van der Waals surface area contributed by atoms with E-state index in [1.54, 1.807) is 18.3 Å². The van der Waals surface area contributed by atoms with Crippen molar-refractivity contribution in [3.63, 3.8) is 0 Å². The normalized spacial score (nSPS) is 16.1. The third-order valence-corrected chi connectivity index (χ3v) is 7.06. The van der Waals surface area contributed by atoms with Crippen molar-refractivity contribution in [1.29, 1.82) is 0 Å². The van der Waals surface area contributed by atoms with E-state index in [4.69, 9.17) is 0 Å². The van der Waals surface area contributed by atoms with Crippen molar-refractivity contribution in [2.75, 3.05) is 31.1 Å². The number of hydrogen-bond acceptors (Lipinski definition) is 5. The van der Waals surface area contributed by atoms with Crippen molar-refractivity contribution in [3.8, 4) is 0 Å². The topological polar surface area (TPSA) is 82.2 Å². The second-order valence-electron chi connectivity index (χ2n) is 6.80. The summed E-state index contributed by atoms with van der Waals surface area (Å²) >= 11 is 0. The van der Waals surface area contributed by atoms with Crippen LogP contribution in [0, 0.1) is 0 Å². The number of piperazine rings is 1. The summed E-state index contributed by atoms with van der Waals surface area (Å²) in [6.07, 6.45) is 1.63. The highest BCUT2D eigenvalue weighted by Crippen LogP contribution is 2.26. The fourth-order valence-corrected chi connectivity index (χ4v) is 5.24. The fraction of sp³-hybridized carbons (Fsp3) is 0.200. The van der Waals surface area contributed by atoms with Crippen molar-refractivity contribution >= 4 is 37.9 Å². The molecule has 0 atom stereocenters. The predicted molar refractivity (Wildman–Crippen MR) is 109 cm³/mol. The lowest BCUT2D eigenvalue weighted by Gasteiger charge is -2.33. The highest BCUT2D eigenvalue weighted by molar-refractivity contribution is 7.89. The van der Waals surface area contributed by atoms with Gasteiger partial charge in [0.25, 0.3) is 0 Å². The molecule has 1 saturated heterocycles. The lowest BCUT2D eigenvalue weighted by Crippen LogP contribution is -2.49. The molecule has 0 amide bonds. The van der Waals surface area contributed by atoms with Gasteiger partial charge in [0, 0.05) is 37.8 Å². The third-order valence-electron chi connectivity index (χ3n) is 5.13. The van der Waals surface area contributed by atoms with Crippen molar-refractivity contribution in [1.82, 2.24) is 19.3 Å². The van der Waals surface area contributed by atoms with Crippen LogP contribution in [0.5, 0.6) is 0 Å². The van der Waals surface area contributed by atoms with E-state index in [-0.39, 0.29) is 4.90 Å². The van der Waals surface area contributed by atoms with Crippen molar-refractivity contribution in [2.24, 2.45) is 0 Å². The molecule has 2 aromatic carbocycles. The highest BCUT2D eigenvalue weighted by atomic mass is 32.2. The number of sulfonamides is 1. The number of pyridine rings is 1. The molecule has 0 saturated carbocycles. The van der Waals surface area contributed by atoms with Gasteiger partial charge in [-0.25, -0.2) is 13.4 Å². The number of benzene rings is 2. The maximum Gasteiger partial charge on any atom is 0.245 e. The van der Waals surface area contributed by atoms with Gasteiger partial charge in [0.1, 0.15) is 4.90 Å². The van der Waals surface area contributed by atoms with E-state index in [2.05, 4.69) is 19.9 Å². The highest BCUT2D eigenvalue weighted by Gasteiger charge is 2.30. The smallest absolute Gasteiger partial charge is 0.245 e. The summed E-state index contributed by atoms with van der Waals surface area (Å²) in [7, 11) is -3.61. The van der Waals surface area contributed by atoms with Gasteiger partial charge in [-0.05, 0) is 24.3 Å². The Morgan fingerprint density at radius 1 is 0.893 bits per heavy atom. The summed E-state index contributed by atoms with van der Waals surface area (Å²) in [5.41, 5.74) is 2.41. The van der Waals surface area contributed by atoms with Crippen LogP contribution in [0.25, 0.3) is 21.9 Å². The lowest BCUT2D eigenvalue weighted by atomic mass is 10.2. The van der Waals surface area contributed by atoms with E-state index in [1.807, 2.05) is 42.5 Å². The molecule has 2 aromatic heterocycles. The quantitative estimate of drug-likeness (QED) is 0.579. The maximum absolute atomic E-state index is 13.2. The van der Waals surface area contributed by atoms with E-state index in [9.17, 15) is 8.42 Å². The van der Waals surface area contributed by atoms with Crippen LogP contribution in [0.15, 0.2) is 65.7 Å². The standard InChI is InChI=1S/C20H19N5O2S/c26-28(27,18-9-3-5-15-6-4-10-21-19(15)18)25-13-11-24(12-14-25)20-22-16-7-1-2-8-17(16)23-20/h1-10H,11-14H2,(H,22,23). The van der Waals surface area contributed by atoms with E-state index < -0.39 is 10.0 Å². The van der Waals surface area contributed by atoms with E-state index in [1.165, 1.54) is 4.31 Å². The minimum absolute atomic E-state index is 0.266. The van der Waals surface area contributed by atoms with Crippen LogP contribution in [0.2, 0.25) is 0 Å². The Kier molecular flexibility index (Phi) is 4.03. The zero-order valence-corrected chi connectivity index (χ0v) is 15.9. The fourth-order valence-electron chi connectivity index (χ4n) is 3.65. The number of nitrogens with one attached hydrogen (secondary N) is 1. The van der Waals surface area contributed by atoms with Gasteiger partial charge in [0.2, 0.25) is 16.0 Å². The van der Waals surface area contributed by atoms with Gasteiger partial charge in [0.05, 0.1) is 16.6 Å². The molecule has 7 nitrogen and oxygen atoms in total. The number of fused-ring (bicyclic) bond motifs is 2. The van der Waals surface area contributed by atoms with E-state index in [0.717, 1.165) is 22.4 Å². The molecule has 8 heteroatoms. The van der Waals surface area contributed by atoms with Gasteiger partial charge < -0.3 is 9.88 Å². The average molecular weight is 393 g/mol. The Morgan fingerprint density at radius 3 is 2.50 bits per heavy atom. The number of rotatable bonds is 3. The monoisotopic (exact) mass is 393 g/mol. The number of aromatic nitrogens is 3. The Morgan fingerprint density at radius 2 is 1.68 bits per heavy atom. The second-order valence-corrected chi connectivity index (χ2v) is 8.71. The van der Waals surface area contributed by atoms with Crippen LogP contribution in [-0.4, -0.2) is 53.9 Å². The number of anilines is 1. The molecule has 142 valence electrons. The number of hydrogen-bond donors (Lipinski definition) is 1. The molecule has 0 unspecified atom stereocenters. The molecule has 1 N–H and O–H groups in total. The zero-order valence-electron chi connectivity index (χ0n) is 15.1. The van der Waals surface area contributed by atoms with Crippen LogP contribution in [0.1, 0.15) is 0 Å². The molecule has 1 aliphatic heterocycles. The van der Waals surface area contributed by atoms with Gasteiger partial charge in [-0.15, -0.1) is 0 Å². The van der Waals surface area contributed by atoms with Crippen molar-refractivity contribution in [3.05, 3.63) is 60.8 Å². The first kappa shape index (κ1) is 17.2. The Balaban J connectivity index is 1.40. The molecular weight excluding hydrogens is 374 g/mol. The maximum atomic E-state index is 13.2. The first-order valence-corrected chi connectivity index (χ1v) is 10.6. The lowest BCUT2D eigenvalue weighted by molar-refractivity contribution is 0.383. The molecule has 0 spiro atoms. The van der Waals surface area contributed by atoms with Gasteiger partial charge in [-0.1, -0.05) is 30.3 Å². The summed E-state index contributed by atoms with van der Waals surface area (Å²) in [5.74, 6) is 0.782. The largest absolute Gasteiger partial charge is 0.340 e. The second kappa shape index (κ2) is 6.57. The summed E-state index contributed by atoms with van der Waals surface area (Å²) < 4.78 is 28.0. The van der Waals surface area contributed by atoms with Crippen LogP contribution in [0.3, 0.4) is 0 Å². The summed E-state index contributed by atoms with van der Waals surface area (Å²) in [4.78, 5) is 14.6. The van der Waals surface area contributed by atoms with Gasteiger partial charge in [0.15, 0.2) is 0 Å². The Labute approximate surface area is 162 Å². The van der Waals surface area contributed by atoms with Crippen LogP contribution < -0.4 is 4.90 Å². The molecule has 0 radical (unpaired) electrons. The molecule has 0 bridgehead atoms. The SMILES string of the molecule is O=S(=O)(c1cccc2cccnc12)N1CCN(c2nc3ccccc3[nH]2)CC1. The number of para-hydroxylation sites is 3. The predicted octanol–water partition coefficient (Wildman–Crippen LogP) is 2.62. The summed E-state index contributed by atoms with van der Waals surface area (Å²) in [5, 5.41) is 0.824. The summed E-state index contributed by atoms with van der Waals surface area (Å²) in [6, 6.07) is 16.8. The zero-order chi connectivity index (χ0) is 19.1. The van der Waals surface area contributed by atoms with Gasteiger partial charge >= 0.3 is 0 Å². The number of aromatic amines is 1. The number of H-pyrrole nitrogens is 1. The van der Waals surface area contributed by atoms with Crippen molar-refractivity contribution < 1.29 is 8.42 Å². The first-order valence-electron chi connectivity index (χ1n) is 9.16. The molecule has 1 fully saturated rings. The van der Waals surface area contributed by atoms with Crippen molar-refractivity contribution in [2.45, 2.75) is 4.90 Å².